The molecule has 2 fully saturated rings. The smallest absolute Gasteiger partial charge is 0.168 e. The summed E-state index contributed by atoms with van der Waals surface area (Å²) in [5, 5.41) is 7.62. The van der Waals surface area contributed by atoms with Gasteiger partial charge in [-0.15, -0.1) is 0 Å². The Morgan fingerprint density at radius 1 is 0.676 bits per heavy atom. The molecular formula is C30H60N2O2. The second-order valence-electron chi connectivity index (χ2n) is 14.6. The summed E-state index contributed by atoms with van der Waals surface area (Å²) in [6, 6.07) is 0. The first-order chi connectivity index (χ1) is 15.5. The van der Waals surface area contributed by atoms with E-state index in [0.29, 0.717) is 5.92 Å². The zero-order valence-electron chi connectivity index (χ0n) is 24.8. The molecule has 0 aromatic carbocycles. The summed E-state index contributed by atoms with van der Waals surface area (Å²) in [5.74, 6) is -0.202. The van der Waals surface area contributed by atoms with Crippen LogP contribution in [-0.4, -0.2) is 40.2 Å². The number of piperidine rings is 2. The molecule has 0 amide bonds. The van der Waals surface area contributed by atoms with Gasteiger partial charge >= 0.3 is 0 Å². The van der Waals surface area contributed by atoms with E-state index in [1.54, 1.807) is 0 Å². The fraction of sp³-hybridized carbons (Fsp3) is 1.00. The first-order valence-corrected chi connectivity index (χ1v) is 14.4. The quantitative estimate of drug-likeness (QED) is 0.221. The molecule has 2 aliphatic heterocycles. The van der Waals surface area contributed by atoms with Gasteiger partial charge in [0.2, 0.25) is 0 Å². The Morgan fingerprint density at radius 3 is 1.41 bits per heavy atom. The summed E-state index contributed by atoms with van der Waals surface area (Å²) in [5.41, 5.74) is 0.256. The lowest BCUT2D eigenvalue weighted by atomic mass is 9.80. The minimum Gasteiger partial charge on any atom is -0.347 e. The second kappa shape index (κ2) is 11.5. The van der Waals surface area contributed by atoms with E-state index in [9.17, 15) is 0 Å². The Hall–Kier alpha value is -0.160. The van der Waals surface area contributed by atoms with E-state index in [-0.39, 0.29) is 34.4 Å². The molecule has 1 atom stereocenters. The van der Waals surface area contributed by atoms with E-state index in [4.69, 9.17) is 9.47 Å². The predicted octanol–water partition coefficient (Wildman–Crippen LogP) is 7.74. The third kappa shape index (κ3) is 9.71. The van der Waals surface area contributed by atoms with Gasteiger partial charge in [0.25, 0.3) is 0 Å². The van der Waals surface area contributed by atoms with E-state index in [1.165, 1.54) is 38.5 Å². The number of unbranched alkanes of at least 4 members (excludes halogenated alkanes) is 5. The number of hydrogen-bond donors (Lipinski definition) is 2. The molecule has 2 heterocycles. The van der Waals surface area contributed by atoms with E-state index in [0.717, 1.165) is 32.1 Å². The lowest BCUT2D eigenvalue weighted by molar-refractivity contribution is -0.306. The van der Waals surface area contributed by atoms with Crippen molar-refractivity contribution < 1.29 is 9.47 Å². The molecule has 0 spiro atoms. The lowest BCUT2D eigenvalue weighted by Crippen LogP contribution is -2.62. The molecule has 2 saturated heterocycles. The van der Waals surface area contributed by atoms with Crippen molar-refractivity contribution in [1.29, 1.82) is 0 Å². The Labute approximate surface area is 213 Å². The average Bonchev–Trinajstić information content (AvgIpc) is 2.58. The molecule has 0 radical (unpaired) electrons. The maximum absolute atomic E-state index is 7.06. The highest BCUT2D eigenvalue weighted by Crippen LogP contribution is 2.40. The Bertz CT molecular complexity index is 553. The van der Waals surface area contributed by atoms with Crippen LogP contribution in [0.3, 0.4) is 0 Å². The molecule has 2 rings (SSSR count). The van der Waals surface area contributed by atoms with Crippen LogP contribution < -0.4 is 10.6 Å². The minimum absolute atomic E-state index is 0.0641. The molecule has 0 aromatic rings. The maximum atomic E-state index is 7.06. The third-order valence-corrected chi connectivity index (χ3v) is 7.99. The zero-order valence-corrected chi connectivity index (χ0v) is 24.8. The minimum atomic E-state index is -0.564. The van der Waals surface area contributed by atoms with Crippen molar-refractivity contribution in [3.8, 4) is 0 Å². The molecule has 0 aliphatic carbocycles. The van der Waals surface area contributed by atoms with Crippen LogP contribution in [0, 0.1) is 5.92 Å². The fourth-order valence-corrected chi connectivity index (χ4v) is 7.04. The van der Waals surface area contributed by atoms with E-state index >= 15 is 0 Å². The van der Waals surface area contributed by atoms with Crippen LogP contribution in [0.4, 0.5) is 0 Å². The molecule has 2 N–H and O–H groups in total. The monoisotopic (exact) mass is 480 g/mol. The van der Waals surface area contributed by atoms with Crippen LogP contribution in [0.25, 0.3) is 0 Å². The van der Waals surface area contributed by atoms with Crippen molar-refractivity contribution in [3.05, 3.63) is 0 Å². The fourth-order valence-electron chi connectivity index (χ4n) is 7.04. The first-order valence-electron chi connectivity index (χ1n) is 14.4. The largest absolute Gasteiger partial charge is 0.347 e. The van der Waals surface area contributed by atoms with Gasteiger partial charge in [-0.05, 0) is 94.4 Å². The van der Waals surface area contributed by atoms with Crippen molar-refractivity contribution in [2.45, 2.75) is 187 Å². The van der Waals surface area contributed by atoms with Crippen LogP contribution in [0.15, 0.2) is 0 Å². The van der Waals surface area contributed by atoms with E-state index in [1.807, 2.05) is 0 Å². The molecule has 1 unspecified atom stereocenters. The zero-order chi connectivity index (χ0) is 25.8. The SMILES string of the molecule is CCCCCCCCC(C)C(C)(OC1CC(C)(C)NC(C)(C)C1)OC1CC(C)(C)NC(C)(C)C1. The third-order valence-electron chi connectivity index (χ3n) is 7.99. The molecular weight excluding hydrogens is 420 g/mol. The highest BCUT2D eigenvalue weighted by Gasteiger charge is 2.46. The summed E-state index contributed by atoms with van der Waals surface area (Å²) in [6.07, 6.45) is 13.6. The van der Waals surface area contributed by atoms with Gasteiger partial charge in [-0.2, -0.15) is 0 Å². The van der Waals surface area contributed by atoms with Gasteiger partial charge in [0, 0.05) is 28.1 Å². The van der Waals surface area contributed by atoms with Gasteiger partial charge in [0.15, 0.2) is 5.79 Å². The molecule has 0 saturated carbocycles. The summed E-state index contributed by atoms with van der Waals surface area (Å²) in [4.78, 5) is 0. The summed E-state index contributed by atoms with van der Waals surface area (Å²) in [7, 11) is 0. The van der Waals surface area contributed by atoms with Crippen molar-refractivity contribution in [2.24, 2.45) is 5.92 Å². The van der Waals surface area contributed by atoms with Crippen molar-refractivity contribution in [1.82, 2.24) is 10.6 Å². The van der Waals surface area contributed by atoms with Crippen molar-refractivity contribution >= 4 is 0 Å². The van der Waals surface area contributed by atoms with E-state index < -0.39 is 5.79 Å². The lowest BCUT2D eigenvalue weighted by Gasteiger charge is -2.52. The Morgan fingerprint density at radius 2 is 1.03 bits per heavy atom. The van der Waals surface area contributed by atoms with Crippen molar-refractivity contribution in [3.63, 3.8) is 0 Å². The molecule has 0 bridgehead atoms. The van der Waals surface area contributed by atoms with Gasteiger partial charge < -0.3 is 20.1 Å². The van der Waals surface area contributed by atoms with Gasteiger partial charge in [0.1, 0.15) is 0 Å². The van der Waals surface area contributed by atoms with Crippen molar-refractivity contribution in [2.75, 3.05) is 0 Å². The van der Waals surface area contributed by atoms with Crippen LogP contribution in [0.1, 0.15) is 147 Å². The molecule has 34 heavy (non-hydrogen) atoms. The predicted molar refractivity (Wildman–Crippen MR) is 146 cm³/mol. The number of nitrogens with one attached hydrogen (secondary N) is 2. The first kappa shape index (κ1) is 30.1. The van der Waals surface area contributed by atoms with Crippen LogP contribution in [0.2, 0.25) is 0 Å². The molecule has 0 aromatic heterocycles. The standard InChI is InChI=1S/C30H60N2O2/c1-12-13-14-15-16-17-18-23(2)30(11,33-24-19-26(3,4)31-27(5,6)20-24)34-25-21-28(7,8)32-29(9,10)22-25/h23-25,31-32H,12-22H2,1-11H3. The van der Waals surface area contributed by atoms with E-state index in [2.05, 4.69) is 86.8 Å². The average molecular weight is 481 g/mol. The summed E-state index contributed by atoms with van der Waals surface area (Å²) >= 11 is 0. The number of ether oxygens (including phenoxy) is 2. The second-order valence-corrected chi connectivity index (χ2v) is 14.6. The highest BCUT2D eigenvalue weighted by molar-refractivity contribution is 5.00. The van der Waals surface area contributed by atoms with Gasteiger partial charge in [-0.1, -0.05) is 52.4 Å². The number of rotatable bonds is 12. The van der Waals surface area contributed by atoms with Crippen LogP contribution in [-0.2, 0) is 9.47 Å². The van der Waals surface area contributed by atoms with Gasteiger partial charge in [-0.25, -0.2) is 0 Å². The highest BCUT2D eigenvalue weighted by atomic mass is 16.7. The molecule has 2 aliphatic rings. The Balaban J connectivity index is 2.15. The summed E-state index contributed by atoms with van der Waals surface area (Å²) in [6.45, 7) is 25.3. The van der Waals surface area contributed by atoms with Gasteiger partial charge in [-0.3, -0.25) is 0 Å². The summed E-state index contributed by atoms with van der Waals surface area (Å²) < 4.78 is 14.1. The topological polar surface area (TPSA) is 42.5 Å². The van der Waals surface area contributed by atoms with Gasteiger partial charge in [0.05, 0.1) is 12.2 Å². The maximum Gasteiger partial charge on any atom is 0.168 e. The Kier molecular flexibility index (Phi) is 10.2. The molecule has 202 valence electrons. The normalized spacial score (nSPS) is 25.9. The number of hydrogen-bond acceptors (Lipinski definition) is 4. The molecule has 4 nitrogen and oxygen atoms in total. The molecule has 4 heteroatoms. The van der Waals surface area contributed by atoms with Crippen LogP contribution >= 0.6 is 0 Å². The van der Waals surface area contributed by atoms with Crippen LogP contribution in [0.5, 0.6) is 0 Å².